The van der Waals surface area contributed by atoms with Gasteiger partial charge >= 0.3 is 6.30 Å². The van der Waals surface area contributed by atoms with E-state index in [9.17, 15) is 13.2 Å². The Bertz CT molecular complexity index is 356. The first-order valence-electron chi connectivity index (χ1n) is 5.02. The molecular weight excluding hydrogens is 219 g/mol. The van der Waals surface area contributed by atoms with E-state index in [0.29, 0.717) is 23.5 Å². The van der Waals surface area contributed by atoms with Gasteiger partial charge in [-0.25, -0.2) is 0 Å². The number of halogens is 3. The van der Waals surface area contributed by atoms with Crippen LogP contribution in [0.3, 0.4) is 0 Å². The summed E-state index contributed by atoms with van der Waals surface area (Å²) in [7, 11) is 1.48. The minimum atomic E-state index is -4.31. The Morgan fingerprint density at radius 2 is 1.75 bits per heavy atom. The standard InChI is InChI=1S/C11H12F3NO/c1-16-10-6-4-9(5-7-10)15(8-2-3-8)11(12,13)14/h4-8H,2-3H2,1H3. The Kier molecular flexibility index (Phi) is 2.69. The summed E-state index contributed by atoms with van der Waals surface area (Å²) in [6.07, 6.45) is -3.10. The molecule has 0 aliphatic heterocycles. The van der Waals surface area contributed by atoms with E-state index in [2.05, 4.69) is 0 Å². The van der Waals surface area contributed by atoms with Crippen molar-refractivity contribution in [3.05, 3.63) is 24.3 Å². The van der Waals surface area contributed by atoms with Gasteiger partial charge in [-0.2, -0.15) is 13.2 Å². The molecule has 1 aromatic carbocycles. The van der Waals surface area contributed by atoms with E-state index in [1.807, 2.05) is 0 Å². The van der Waals surface area contributed by atoms with Crippen molar-refractivity contribution in [2.45, 2.75) is 25.2 Å². The Labute approximate surface area is 91.6 Å². The third-order valence-corrected chi connectivity index (χ3v) is 2.54. The van der Waals surface area contributed by atoms with Crippen LogP contribution in [0.15, 0.2) is 24.3 Å². The summed E-state index contributed by atoms with van der Waals surface area (Å²) in [5, 5.41) is 0. The summed E-state index contributed by atoms with van der Waals surface area (Å²) in [5.41, 5.74) is 0.177. The molecule has 88 valence electrons. The molecule has 0 heterocycles. The molecule has 1 saturated carbocycles. The number of nitrogens with zero attached hydrogens (tertiary/aromatic N) is 1. The molecule has 0 atom stereocenters. The van der Waals surface area contributed by atoms with Crippen molar-refractivity contribution in [3.63, 3.8) is 0 Å². The molecular formula is C11H12F3NO. The fraction of sp³-hybridized carbons (Fsp3) is 0.455. The average molecular weight is 231 g/mol. The molecule has 5 heteroatoms. The topological polar surface area (TPSA) is 12.5 Å². The van der Waals surface area contributed by atoms with Crippen LogP contribution in [0.2, 0.25) is 0 Å². The fourth-order valence-electron chi connectivity index (χ4n) is 1.64. The number of methoxy groups -OCH3 is 1. The van der Waals surface area contributed by atoms with Crippen LogP contribution in [0.5, 0.6) is 5.75 Å². The lowest BCUT2D eigenvalue weighted by Gasteiger charge is -2.26. The molecule has 2 rings (SSSR count). The molecule has 1 fully saturated rings. The molecule has 1 aliphatic carbocycles. The van der Waals surface area contributed by atoms with E-state index in [1.54, 1.807) is 0 Å². The molecule has 0 unspecified atom stereocenters. The smallest absolute Gasteiger partial charge is 0.485 e. The molecule has 0 bridgehead atoms. The van der Waals surface area contributed by atoms with Crippen LogP contribution in [0.4, 0.5) is 18.9 Å². The molecule has 2 nitrogen and oxygen atoms in total. The lowest BCUT2D eigenvalue weighted by molar-refractivity contribution is -0.130. The van der Waals surface area contributed by atoms with E-state index in [0.717, 1.165) is 0 Å². The van der Waals surface area contributed by atoms with Crippen molar-refractivity contribution in [3.8, 4) is 5.75 Å². The molecule has 1 aliphatic rings. The molecule has 0 radical (unpaired) electrons. The van der Waals surface area contributed by atoms with E-state index < -0.39 is 12.3 Å². The van der Waals surface area contributed by atoms with Gasteiger partial charge in [-0.15, -0.1) is 0 Å². The SMILES string of the molecule is COc1ccc(N(C2CC2)C(F)(F)F)cc1. The number of hydrogen-bond donors (Lipinski definition) is 0. The zero-order chi connectivity index (χ0) is 11.8. The summed E-state index contributed by atoms with van der Waals surface area (Å²) >= 11 is 0. The Balaban J connectivity index is 2.25. The summed E-state index contributed by atoms with van der Waals surface area (Å²) in [5.74, 6) is 0.557. The number of hydrogen-bond acceptors (Lipinski definition) is 2. The molecule has 0 N–H and O–H groups in total. The molecule has 0 saturated heterocycles. The van der Waals surface area contributed by atoms with Crippen molar-refractivity contribution in [2.75, 3.05) is 12.0 Å². The second-order valence-electron chi connectivity index (χ2n) is 3.77. The summed E-state index contributed by atoms with van der Waals surface area (Å²) in [6.45, 7) is 0. The second-order valence-corrected chi connectivity index (χ2v) is 3.77. The van der Waals surface area contributed by atoms with Crippen molar-refractivity contribution >= 4 is 5.69 Å². The highest BCUT2D eigenvalue weighted by Crippen LogP contribution is 2.39. The van der Waals surface area contributed by atoms with Crippen molar-refractivity contribution < 1.29 is 17.9 Å². The quantitative estimate of drug-likeness (QED) is 0.741. The Morgan fingerprint density at radius 3 is 2.12 bits per heavy atom. The first-order valence-corrected chi connectivity index (χ1v) is 5.02. The molecule has 0 aromatic heterocycles. The second kappa shape index (κ2) is 3.88. The molecule has 1 aromatic rings. The number of benzene rings is 1. The zero-order valence-electron chi connectivity index (χ0n) is 8.79. The van der Waals surface area contributed by atoms with Gasteiger partial charge in [0.05, 0.1) is 7.11 Å². The zero-order valence-corrected chi connectivity index (χ0v) is 8.79. The maximum atomic E-state index is 12.8. The third-order valence-electron chi connectivity index (χ3n) is 2.54. The number of alkyl halides is 3. The minimum absolute atomic E-state index is 0.177. The maximum absolute atomic E-state index is 12.8. The van der Waals surface area contributed by atoms with Gasteiger partial charge in [-0.1, -0.05) is 0 Å². The number of ether oxygens (including phenoxy) is 1. The predicted molar refractivity (Wildman–Crippen MR) is 54.6 cm³/mol. The van der Waals surface area contributed by atoms with Crippen LogP contribution >= 0.6 is 0 Å². The van der Waals surface area contributed by atoms with Crippen molar-refractivity contribution in [1.82, 2.24) is 0 Å². The van der Waals surface area contributed by atoms with Crippen LogP contribution < -0.4 is 9.64 Å². The van der Waals surface area contributed by atoms with Gasteiger partial charge in [0.25, 0.3) is 0 Å². The highest BCUT2D eigenvalue weighted by molar-refractivity contribution is 5.51. The first-order chi connectivity index (χ1) is 7.52. The third kappa shape index (κ3) is 2.23. The highest BCUT2D eigenvalue weighted by Gasteiger charge is 2.46. The van der Waals surface area contributed by atoms with E-state index >= 15 is 0 Å². The van der Waals surface area contributed by atoms with E-state index in [1.165, 1.54) is 31.4 Å². The van der Waals surface area contributed by atoms with Gasteiger partial charge in [-0.05, 0) is 37.1 Å². The lowest BCUT2D eigenvalue weighted by Crippen LogP contribution is -2.39. The van der Waals surface area contributed by atoms with Gasteiger partial charge in [0.15, 0.2) is 0 Å². The molecule has 0 spiro atoms. The van der Waals surface area contributed by atoms with Gasteiger partial charge in [-0.3, -0.25) is 4.90 Å². The summed E-state index contributed by atoms with van der Waals surface area (Å²) in [6, 6.07) is 5.55. The number of anilines is 1. The Hall–Kier alpha value is -1.39. The van der Waals surface area contributed by atoms with Crippen LogP contribution in [0.25, 0.3) is 0 Å². The monoisotopic (exact) mass is 231 g/mol. The van der Waals surface area contributed by atoms with Gasteiger partial charge in [0, 0.05) is 11.7 Å². The van der Waals surface area contributed by atoms with Crippen LogP contribution in [0.1, 0.15) is 12.8 Å². The highest BCUT2D eigenvalue weighted by atomic mass is 19.4. The predicted octanol–water partition coefficient (Wildman–Crippen LogP) is 3.18. The maximum Gasteiger partial charge on any atom is 0.485 e. The Morgan fingerprint density at radius 1 is 1.19 bits per heavy atom. The number of rotatable bonds is 3. The molecule has 16 heavy (non-hydrogen) atoms. The normalized spacial score (nSPS) is 16.0. The van der Waals surface area contributed by atoms with Crippen LogP contribution in [-0.4, -0.2) is 19.5 Å². The van der Waals surface area contributed by atoms with Gasteiger partial charge in [0.1, 0.15) is 5.75 Å². The van der Waals surface area contributed by atoms with Crippen molar-refractivity contribution in [1.29, 1.82) is 0 Å². The largest absolute Gasteiger partial charge is 0.497 e. The first kappa shape index (κ1) is 11.1. The van der Waals surface area contributed by atoms with Crippen molar-refractivity contribution in [2.24, 2.45) is 0 Å². The fourth-order valence-corrected chi connectivity index (χ4v) is 1.64. The van der Waals surface area contributed by atoms with E-state index in [-0.39, 0.29) is 5.69 Å². The van der Waals surface area contributed by atoms with Gasteiger partial charge < -0.3 is 4.74 Å². The van der Waals surface area contributed by atoms with E-state index in [4.69, 9.17) is 4.74 Å². The minimum Gasteiger partial charge on any atom is -0.497 e. The summed E-state index contributed by atoms with van der Waals surface area (Å²) < 4.78 is 43.2. The lowest BCUT2D eigenvalue weighted by atomic mass is 10.2. The molecule has 0 amide bonds. The summed E-state index contributed by atoms with van der Waals surface area (Å²) in [4.78, 5) is 0.520. The van der Waals surface area contributed by atoms with Crippen LogP contribution in [-0.2, 0) is 0 Å². The van der Waals surface area contributed by atoms with Crippen LogP contribution in [0, 0.1) is 0 Å². The van der Waals surface area contributed by atoms with Gasteiger partial charge in [0.2, 0.25) is 0 Å². The average Bonchev–Trinajstić information content (AvgIpc) is 3.01.